The zero-order valence-corrected chi connectivity index (χ0v) is 9.67. The molecule has 0 aliphatic carbocycles. The van der Waals surface area contributed by atoms with Crippen molar-refractivity contribution in [3.8, 4) is 11.5 Å². The van der Waals surface area contributed by atoms with Crippen LogP contribution in [-0.2, 0) is 16.0 Å². The van der Waals surface area contributed by atoms with Gasteiger partial charge in [-0.15, -0.1) is 0 Å². The summed E-state index contributed by atoms with van der Waals surface area (Å²) >= 11 is 0. The molecule has 0 saturated heterocycles. The molecule has 0 radical (unpaired) electrons. The van der Waals surface area contributed by atoms with Gasteiger partial charge in [-0.05, 0) is 30.5 Å². The van der Waals surface area contributed by atoms with Gasteiger partial charge in [0.1, 0.15) is 0 Å². The van der Waals surface area contributed by atoms with Crippen LogP contribution in [-0.4, -0.2) is 33.7 Å². The van der Waals surface area contributed by atoms with Crippen LogP contribution >= 0.6 is 0 Å². The highest BCUT2D eigenvalue weighted by atomic mass is 16.4. The van der Waals surface area contributed by atoms with Gasteiger partial charge in [0.05, 0.1) is 0 Å². The summed E-state index contributed by atoms with van der Waals surface area (Å²) in [5.41, 5.74) is 0.704. The van der Waals surface area contributed by atoms with Crippen LogP contribution in [0.5, 0.6) is 11.5 Å². The molecule has 0 bridgehead atoms. The van der Waals surface area contributed by atoms with Crippen molar-refractivity contribution in [3.63, 3.8) is 0 Å². The maximum Gasteiger partial charge on any atom is 0.303 e. The second-order valence-corrected chi connectivity index (χ2v) is 3.94. The number of carbonyl (C=O) groups excluding carboxylic acids is 1. The van der Waals surface area contributed by atoms with E-state index in [-0.39, 0.29) is 24.0 Å². The van der Waals surface area contributed by atoms with Gasteiger partial charge in [-0.25, -0.2) is 0 Å². The minimum absolute atomic E-state index is 0.0461. The van der Waals surface area contributed by atoms with E-state index >= 15 is 0 Å². The summed E-state index contributed by atoms with van der Waals surface area (Å²) in [6, 6.07) is 4.02. The summed E-state index contributed by atoms with van der Waals surface area (Å²) in [4.78, 5) is 20.9. The topological polar surface area (TPSA) is 107 Å². The van der Waals surface area contributed by atoms with Crippen LogP contribution in [0.25, 0.3) is 0 Å². The lowest BCUT2D eigenvalue weighted by molar-refractivity contribution is -0.137. The standard InChI is InChI=1S/C12H15NO5/c14-7-13-9(2-4-12(17)18)5-8-1-3-10(15)11(16)6-8/h1,3,6-7,9,15-16H,2,4-5H2,(H,13,14)(H,17,18). The largest absolute Gasteiger partial charge is 0.504 e. The Hall–Kier alpha value is -2.24. The van der Waals surface area contributed by atoms with Crippen LogP contribution in [0.15, 0.2) is 18.2 Å². The average Bonchev–Trinajstić information content (AvgIpc) is 2.31. The zero-order chi connectivity index (χ0) is 13.5. The number of phenolic OH excluding ortho intramolecular Hbond substituents is 2. The Morgan fingerprint density at radius 3 is 2.61 bits per heavy atom. The third-order valence-corrected chi connectivity index (χ3v) is 2.53. The first kappa shape index (κ1) is 13.8. The second-order valence-electron chi connectivity index (χ2n) is 3.94. The van der Waals surface area contributed by atoms with Crippen molar-refractivity contribution in [2.24, 2.45) is 0 Å². The van der Waals surface area contributed by atoms with Gasteiger partial charge in [-0.2, -0.15) is 0 Å². The smallest absolute Gasteiger partial charge is 0.303 e. The van der Waals surface area contributed by atoms with Crippen LogP contribution in [0.2, 0.25) is 0 Å². The van der Waals surface area contributed by atoms with Gasteiger partial charge < -0.3 is 20.6 Å². The number of carboxylic acids is 1. The zero-order valence-electron chi connectivity index (χ0n) is 9.67. The summed E-state index contributed by atoms with van der Waals surface area (Å²) in [6.45, 7) is 0. The van der Waals surface area contributed by atoms with Crippen molar-refractivity contribution in [3.05, 3.63) is 23.8 Å². The van der Waals surface area contributed by atoms with Gasteiger partial charge in [0, 0.05) is 12.5 Å². The average molecular weight is 253 g/mol. The number of benzene rings is 1. The molecule has 6 heteroatoms. The number of carboxylic acid groups (broad SMARTS) is 1. The molecule has 6 nitrogen and oxygen atoms in total. The monoisotopic (exact) mass is 253 g/mol. The fourth-order valence-corrected chi connectivity index (χ4v) is 1.62. The molecule has 4 N–H and O–H groups in total. The normalized spacial score (nSPS) is 11.8. The van der Waals surface area contributed by atoms with Gasteiger partial charge in [-0.3, -0.25) is 9.59 Å². The lowest BCUT2D eigenvalue weighted by Gasteiger charge is -2.15. The highest BCUT2D eigenvalue weighted by molar-refractivity contribution is 5.66. The van der Waals surface area contributed by atoms with Gasteiger partial charge in [-0.1, -0.05) is 6.07 Å². The van der Waals surface area contributed by atoms with E-state index in [4.69, 9.17) is 10.2 Å². The van der Waals surface area contributed by atoms with E-state index in [1.807, 2.05) is 0 Å². The van der Waals surface area contributed by atoms with E-state index in [1.54, 1.807) is 6.07 Å². The Morgan fingerprint density at radius 1 is 1.33 bits per heavy atom. The number of nitrogens with one attached hydrogen (secondary N) is 1. The first-order chi connectivity index (χ1) is 8.52. The third kappa shape index (κ3) is 4.32. The van der Waals surface area contributed by atoms with Crippen molar-refractivity contribution in [2.45, 2.75) is 25.3 Å². The van der Waals surface area contributed by atoms with E-state index in [2.05, 4.69) is 5.32 Å². The quantitative estimate of drug-likeness (QED) is 0.421. The summed E-state index contributed by atoms with van der Waals surface area (Å²) in [6.07, 6.45) is 1.16. The molecule has 1 rings (SSSR count). The number of hydrogen-bond acceptors (Lipinski definition) is 4. The second kappa shape index (κ2) is 6.48. The predicted molar refractivity (Wildman–Crippen MR) is 63.3 cm³/mol. The first-order valence-corrected chi connectivity index (χ1v) is 5.45. The molecular formula is C12H15NO5. The number of aliphatic carboxylic acids is 1. The predicted octanol–water partition coefficient (Wildman–Crippen LogP) is 0.620. The van der Waals surface area contributed by atoms with Gasteiger partial charge in [0.25, 0.3) is 0 Å². The summed E-state index contributed by atoms with van der Waals surface area (Å²) < 4.78 is 0. The molecule has 0 fully saturated rings. The number of rotatable bonds is 7. The molecule has 0 saturated carbocycles. The van der Waals surface area contributed by atoms with Crippen LogP contribution in [0.4, 0.5) is 0 Å². The maximum atomic E-state index is 10.5. The molecule has 0 heterocycles. The van der Waals surface area contributed by atoms with Crippen molar-refractivity contribution in [1.29, 1.82) is 0 Å². The summed E-state index contributed by atoms with van der Waals surface area (Å²) in [7, 11) is 0. The van der Waals surface area contributed by atoms with E-state index in [9.17, 15) is 14.7 Å². The summed E-state index contributed by atoms with van der Waals surface area (Å²) in [5, 5.41) is 29.6. The molecule has 1 amide bonds. The fraction of sp³-hybridized carbons (Fsp3) is 0.333. The number of aromatic hydroxyl groups is 2. The summed E-state index contributed by atoms with van der Waals surface area (Å²) in [5.74, 6) is -1.39. The van der Waals surface area contributed by atoms with Crippen molar-refractivity contribution in [2.75, 3.05) is 0 Å². The third-order valence-electron chi connectivity index (χ3n) is 2.53. The van der Waals surface area contributed by atoms with Gasteiger partial charge in [0.2, 0.25) is 6.41 Å². The molecule has 98 valence electrons. The molecule has 1 unspecified atom stereocenters. The van der Waals surface area contributed by atoms with Crippen molar-refractivity contribution in [1.82, 2.24) is 5.32 Å². The molecular weight excluding hydrogens is 238 g/mol. The van der Waals surface area contributed by atoms with Gasteiger partial charge >= 0.3 is 5.97 Å². The molecule has 1 atom stereocenters. The lowest BCUT2D eigenvalue weighted by atomic mass is 10.0. The number of amides is 1. The minimum Gasteiger partial charge on any atom is -0.504 e. The molecule has 1 aromatic carbocycles. The molecule has 0 aromatic heterocycles. The highest BCUT2D eigenvalue weighted by Gasteiger charge is 2.12. The Bertz CT molecular complexity index is 432. The van der Waals surface area contributed by atoms with Crippen LogP contribution < -0.4 is 5.32 Å². The number of carbonyl (C=O) groups is 2. The number of hydrogen-bond donors (Lipinski definition) is 4. The fourth-order valence-electron chi connectivity index (χ4n) is 1.62. The maximum absolute atomic E-state index is 10.5. The lowest BCUT2D eigenvalue weighted by Crippen LogP contribution is -2.30. The molecule has 1 aromatic rings. The van der Waals surface area contributed by atoms with Crippen molar-refractivity contribution < 1.29 is 24.9 Å². The molecule has 0 aliphatic rings. The van der Waals surface area contributed by atoms with E-state index in [1.165, 1.54) is 12.1 Å². The van der Waals surface area contributed by atoms with E-state index < -0.39 is 5.97 Å². The minimum atomic E-state index is -0.929. The Balaban J connectivity index is 2.66. The number of phenols is 2. The Morgan fingerprint density at radius 2 is 2.06 bits per heavy atom. The molecule has 18 heavy (non-hydrogen) atoms. The molecule has 0 spiro atoms. The van der Waals surface area contributed by atoms with Crippen molar-refractivity contribution >= 4 is 12.4 Å². The van der Waals surface area contributed by atoms with Crippen LogP contribution in [0, 0.1) is 0 Å². The van der Waals surface area contributed by atoms with E-state index in [0.717, 1.165) is 0 Å². The first-order valence-electron chi connectivity index (χ1n) is 5.45. The molecule has 0 aliphatic heterocycles. The van der Waals surface area contributed by atoms with E-state index in [0.29, 0.717) is 24.8 Å². The van der Waals surface area contributed by atoms with Crippen LogP contribution in [0.1, 0.15) is 18.4 Å². The highest BCUT2D eigenvalue weighted by Crippen LogP contribution is 2.25. The SMILES string of the molecule is O=CNC(CCC(=O)O)Cc1ccc(O)c(O)c1. The van der Waals surface area contributed by atoms with Gasteiger partial charge in [0.15, 0.2) is 11.5 Å². The Kier molecular flexibility index (Phi) is 4.98. The van der Waals surface area contributed by atoms with Crippen LogP contribution in [0.3, 0.4) is 0 Å². The Labute approximate surface area is 104 Å².